The Morgan fingerprint density at radius 2 is 0.475 bits per heavy atom. The molecule has 0 aliphatic carbocycles. The van der Waals surface area contributed by atoms with Crippen molar-refractivity contribution >= 4 is 10.0 Å². The van der Waals surface area contributed by atoms with Crippen molar-refractivity contribution in [1.82, 2.24) is 19.9 Å². The van der Waals surface area contributed by atoms with E-state index < -0.39 is 10.0 Å². The summed E-state index contributed by atoms with van der Waals surface area (Å²) in [5.41, 5.74) is 9.54. The van der Waals surface area contributed by atoms with Gasteiger partial charge in [-0.1, -0.05) is 182 Å². The highest BCUT2D eigenvalue weighted by molar-refractivity contribution is 8.34. The molecule has 0 bridgehead atoms. The van der Waals surface area contributed by atoms with Crippen molar-refractivity contribution in [3.05, 3.63) is 243 Å². The number of nitrogens with zero attached hydrogens (tertiary/aromatic N) is 4. The van der Waals surface area contributed by atoms with E-state index in [9.17, 15) is 0 Å². The van der Waals surface area contributed by atoms with Crippen LogP contribution in [0.15, 0.2) is 262 Å². The predicted octanol–water partition coefficient (Wildman–Crippen LogP) is 14.6. The lowest BCUT2D eigenvalue weighted by molar-refractivity contribution is 1.17. The van der Waals surface area contributed by atoms with Gasteiger partial charge in [-0.3, -0.25) is 0 Å². The molecule has 0 fully saturated rings. The molecular formula is C56H40N4S. The molecule has 4 nitrogen and oxygen atoms in total. The summed E-state index contributed by atoms with van der Waals surface area (Å²) in [6.45, 7) is 0. The molecule has 290 valence electrons. The van der Waals surface area contributed by atoms with Crippen LogP contribution < -0.4 is 0 Å². The Balaban J connectivity index is 1.20. The summed E-state index contributed by atoms with van der Waals surface area (Å²) in [4.78, 5) is 25.5. The van der Waals surface area contributed by atoms with Gasteiger partial charge in [0.05, 0.1) is 22.8 Å². The van der Waals surface area contributed by atoms with Crippen LogP contribution in [0.1, 0.15) is 0 Å². The van der Waals surface area contributed by atoms with Crippen LogP contribution >= 0.6 is 10.0 Å². The first-order valence-electron chi connectivity index (χ1n) is 20.4. The van der Waals surface area contributed by atoms with Crippen LogP contribution in [-0.4, -0.2) is 19.9 Å². The van der Waals surface area contributed by atoms with Crippen molar-refractivity contribution in [1.29, 1.82) is 0 Å². The standard InChI is InChI=1S/C56H40N4S/c1-7-21-41(22-8-1)51-39-53(59-55(57-51)43-25-11-3-12-26-43)45-29-19-35-49(37-45)61(47-31-15-5-16-32-47,48-33-17-6-18-34-48)50-36-20-30-46(38-50)54-40-52(42-23-9-2-10-24-42)58-56(60-54)44-27-13-4-14-28-44/h1-40H. The summed E-state index contributed by atoms with van der Waals surface area (Å²) in [7, 11) is -2.11. The largest absolute Gasteiger partial charge is 0.228 e. The molecule has 10 rings (SSSR count). The molecule has 5 heteroatoms. The van der Waals surface area contributed by atoms with E-state index in [1.807, 2.05) is 48.5 Å². The molecule has 0 atom stereocenters. The minimum atomic E-state index is -2.11. The minimum absolute atomic E-state index is 0.689. The quantitative estimate of drug-likeness (QED) is 0.138. The molecule has 0 spiro atoms. The number of benzene rings is 8. The monoisotopic (exact) mass is 800 g/mol. The van der Waals surface area contributed by atoms with Crippen LogP contribution in [0.5, 0.6) is 0 Å². The fourth-order valence-electron chi connectivity index (χ4n) is 7.89. The molecule has 0 aliphatic rings. The average molecular weight is 801 g/mol. The van der Waals surface area contributed by atoms with Gasteiger partial charge in [-0.2, -0.15) is 0 Å². The second-order valence-corrected chi connectivity index (χ2v) is 17.8. The third kappa shape index (κ3) is 7.55. The van der Waals surface area contributed by atoms with Gasteiger partial charge in [-0.25, -0.2) is 19.9 Å². The first kappa shape index (κ1) is 37.5. The molecule has 0 amide bonds. The van der Waals surface area contributed by atoms with Gasteiger partial charge in [0.15, 0.2) is 11.6 Å². The van der Waals surface area contributed by atoms with Crippen molar-refractivity contribution in [2.45, 2.75) is 19.6 Å². The fourth-order valence-corrected chi connectivity index (χ4v) is 11.8. The third-order valence-electron chi connectivity index (χ3n) is 10.8. The maximum atomic E-state index is 5.24. The SMILES string of the molecule is c1ccc(-c2cc(-c3cccc(S(c4ccccc4)(c4ccccc4)c4cccc(-c5cc(-c6ccccc6)nc(-c6ccccc6)n5)c4)c3)nc(-c3ccccc3)n2)cc1. The van der Waals surface area contributed by atoms with Gasteiger partial charge in [0.2, 0.25) is 0 Å². The Morgan fingerprint density at radius 1 is 0.213 bits per heavy atom. The van der Waals surface area contributed by atoms with Gasteiger partial charge < -0.3 is 0 Å². The van der Waals surface area contributed by atoms with E-state index in [0.29, 0.717) is 11.6 Å². The van der Waals surface area contributed by atoms with Gasteiger partial charge in [0.25, 0.3) is 0 Å². The summed E-state index contributed by atoms with van der Waals surface area (Å²) in [5.74, 6) is 1.38. The van der Waals surface area contributed by atoms with Crippen LogP contribution in [0.25, 0.3) is 67.8 Å². The van der Waals surface area contributed by atoms with Crippen molar-refractivity contribution in [2.24, 2.45) is 0 Å². The Morgan fingerprint density at radius 3 is 0.820 bits per heavy atom. The normalized spacial score (nSPS) is 11.5. The number of hydrogen-bond donors (Lipinski definition) is 0. The average Bonchev–Trinajstić information content (AvgIpc) is 3.36. The van der Waals surface area contributed by atoms with Crippen LogP contribution in [0.3, 0.4) is 0 Å². The summed E-state index contributed by atoms with van der Waals surface area (Å²) in [6.07, 6.45) is 0. The molecule has 0 aliphatic heterocycles. The number of hydrogen-bond acceptors (Lipinski definition) is 4. The third-order valence-corrected chi connectivity index (χ3v) is 14.7. The molecular weight excluding hydrogens is 761 g/mol. The molecule has 2 aromatic heterocycles. The number of rotatable bonds is 10. The molecule has 10 aromatic rings. The Bertz CT molecular complexity index is 2730. The minimum Gasteiger partial charge on any atom is -0.228 e. The lowest BCUT2D eigenvalue weighted by Crippen LogP contribution is -2.06. The van der Waals surface area contributed by atoms with E-state index in [0.717, 1.165) is 56.2 Å². The smallest absolute Gasteiger partial charge is 0.160 e. The maximum absolute atomic E-state index is 5.24. The lowest BCUT2D eigenvalue weighted by Gasteiger charge is -2.42. The highest BCUT2D eigenvalue weighted by Crippen LogP contribution is 2.73. The lowest BCUT2D eigenvalue weighted by atomic mass is 10.1. The first-order chi connectivity index (χ1) is 30.2. The molecule has 61 heavy (non-hydrogen) atoms. The Labute approximate surface area is 358 Å². The molecule has 0 unspecified atom stereocenters. The van der Waals surface area contributed by atoms with E-state index >= 15 is 0 Å². The summed E-state index contributed by atoms with van der Waals surface area (Å²) < 4.78 is 0. The van der Waals surface area contributed by atoms with E-state index in [-0.39, 0.29) is 0 Å². The van der Waals surface area contributed by atoms with Gasteiger partial charge in [0, 0.05) is 53.0 Å². The zero-order chi connectivity index (χ0) is 40.9. The van der Waals surface area contributed by atoms with Gasteiger partial charge in [-0.05, 0) is 60.7 Å². The second-order valence-electron chi connectivity index (χ2n) is 14.7. The number of aromatic nitrogens is 4. The molecule has 8 aromatic carbocycles. The maximum Gasteiger partial charge on any atom is 0.160 e. The Hall–Kier alpha value is -7.73. The topological polar surface area (TPSA) is 51.6 Å². The van der Waals surface area contributed by atoms with E-state index in [1.165, 1.54) is 19.6 Å². The summed E-state index contributed by atoms with van der Waals surface area (Å²) >= 11 is 0. The molecule has 2 heterocycles. The molecule has 0 radical (unpaired) electrons. The highest BCUT2D eigenvalue weighted by Gasteiger charge is 2.34. The molecule has 0 saturated heterocycles. The molecule has 0 saturated carbocycles. The van der Waals surface area contributed by atoms with Crippen LogP contribution in [0.4, 0.5) is 0 Å². The van der Waals surface area contributed by atoms with Gasteiger partial charge in [0.1, 0.15) is 0 Å². The second kappa shape index (κ2) is 16.9. The zero-order valence-electron chi connectivity index (χ0n) is 33.3. The van der Waals surface area contributed by atoms with Crippen LogP contribution in [0, 0.1) is 0 Å². The predicted molar refractivity (Wildman–Crippen MR) is 250 cm³/mol. The van der Waals surface area contributed by atoms with E-state index in [4.69, 9.17) is 19.9 Å². The van der Waals surface area contributed by atoms with E-state index in [1.54, 1.807) is 0 Å². The van der Waals surface area contributed by atoms with Crippen molar-refractivity contribution in [3.8, 4) is 67.8 Å². The van der Waals surface area contributed by atoms with Crippen LogP contribution in [0.2, 0.25) is 0 Å². The zero-order valence-corrected chi connectivity index (χ0v) is 34.1. The fraction of sp³-hybridized carbons (Fsp3) is 0. The summed E-state index contributed by atoms with van der Waals surface area (Å²) in [6, 6.07) is 85.3. The van der Waals surface area contributed by atoms with Crippen molar-refractivity contribution < 1.29 is 0 Å². The van der Waals surface area contributed by atoms with Crippen molar-refractivity contribution in [2.75, 3.05) is 0 Å². The molecule has 0 N–H and O–H groups in total. The first-order valence-corrected chi connectivity index (χ1v) is 22.0. The summed E-state index contributed by atoms with van der Waals surface area (Å²) in [5, 5.41) is 0. The van der Waals surface area contributed by atoms with Crippen LogP contribution in [-0.2, 0) is 0 Å². The Kier molecular flexibility index (Phi) is 10.4. The van der Waals surface area contributed by atoms with Gasteiger partial charge >= 0.3 is 0 Å². The van der Waals surface area contributed by atoms with E-state index in [2.05, 4.69) is 194 Å². The van der Waals surface area contributed by atoms with Crippen molar-refractivity contribution in [3.63, 3.8) is 0 Å². The van der Waals surface area contributed by atoms with Gasteiger partial charge in [-0.15, -0.1) is 10.0 Å². The highest BCUT2D eigenvalue weighted by atomic mass is 32.3.